The summed E-state index contributed by atoms with van der Waals surface area (Å²) in [4.78, 5) is 0. The highest BCUT2D eigenvalue weighted by molar-refractivity contribution is 6.56. The van der Waals surface area contributed by atoms with Crippen molar-refractivity contribution in [1.29, 1.82) is 0 Å². The summed E-state index contributed by atoms with van der Waals surface area (Å²) in [6, 6.07) is 10.7. The molecule has 0 amide bonds. The standard InChI is InChI=1S/C26H39BO2/c1-22(2,3)26(23(4,5)6)17-16-20(19-14-12-11-13-15-19)21(18-26)27-28-24(7,8)25(9,10)29-27/h11-17H,18H2,1-10H3. The van der Waals surface area contributed by atoms with Crippen LogP contribution >= 0.6 is 0 Å². The maximum atomic E-state index is 6.56. The highest BCUT2D eigenvalue weighted by Gasteiger charge is 2.57. The molecule has 0 N–H and O–H groups in total. The molecule has 0 atom stereocenters. The van der Waals surface area contributed by atoms with Crippen LogP contribution in [0.15, 0.2) is 48.0 Å². The second kappa shape index (κ2) is 6.85. The Kier molecular flexibility index (Phi) is 5.29. The number of allylic oxidation sites excluding steroid dienone is 4. The first kappa shape index (κ1) is 22.4. The fourth-order valence-corrected chi connectivity index (χ4v) is 5.04. The van der Waals surface area contributed by atoms with E-state index in [1.165, 1.54) is 16.6 Å². The van der Waals surface area contributed by atoms with Crippen molar-refractivity contribution < 1.29 is 9.31 Å². The fraction of sp³-hybridized carbons (Fsp3) is 0.615. The van der Waals surface area contributed by atoms with Gasteiger partial charge in [-0.15, -0.1) is 0 Å². The fourth-order valence-electron chi connectivity index (χ4n) is 5.04. The van der Waals surface area contributed by atoms with Gasteiger partial charge < -0.3 is 9.31 Å². The first-order valence-corrected chi connectivity index (χ1v) is 10.9. The van der Waals surface area contributed by atoms with Gasteiger partial charge in [0, 0.05) is 5.41 Å². The summed E-state index contributed by atoms with van der Waals surface area (Å²) in [5.74, 6) is 0. The number of hydrogen-bond donors (Lipinski definition) is 0. The van der Waals surface area contributed by atoms with Gasteiger partial charge in [0.25, 0.3) is 0 Å². The topological polar surface area (TPSA) is 18.5 Å². The molecule has 1 fully saturated rings. The molecule has 1 aliphatic heterocycles. The summed E-state index contributed by atoms with van der Waals surface area (Å²) in [7, 11) is -0.329. The van der Waals surface area contributed by atoms with E-state index in [0.29, 0.717) is 0 Å². The Morgan fingerprint density at radius 1 is 0.793 bits per heavy atom. The SMILES string of the molecule is CC(C)(C)C1(C(C)(C)C)C=CC(c2ccccc2)=C(B2OC(C)(C)C(C)(C)O2)C1. The number of rotatable bonds is 2. The average molecular weight is 394 g/mol. The molecule has 1 aromatic carbocycles. The third kappa shape index (κ3) is 3.66. The minimum atomic E-state index is -0.347. The molecule has 158 valence electrons. The third-order valence-corrected chi connectivity index (χ3v) is 7.65. The second-order valence-corrected chi connectivity index (χ2v) is 11.9. The molecule has 0 aromatic heterocycles. The summed E-state index contributed by atoms with van der Waals surface area (Å²) in [5, 5.41) is 0. The van der Waals surface area contributed by atoms with Crippen LogP contribution in [0.4, 0.5) is 0 Å². The zero-order chi connectivity index (χ0) is 21.9. The Morgan fingerprint density at radius 3 is 1.72 bits per heavy atom. The van der Waals surface area contributed by atoms with Crippen LogP contribution in [0.25, 0.3) is 5.57 Å². The van der Waals surface area contributed by atoms with Crippen molar-refractivity contribution in [2.24, 2.45) is 16.2 Å². The molecular formula is C26H39BO2. The van der Waals surface area contributed by atoms with E-state index in [9.17, 15) is 0 Å². The molecule has 3 heteroatoms. The summed E-state index contributed by atoms with van der Waals surface area (Å²) in [6.45, 7) is 22.7. The molecule has 2 nitrogen and oxygen atoms in total. The summed E-state index contributed by atoms with van der Waals surface area (Å²) >= 11 is 0. The molecule has 2 aliphatic rings. The average Bonchev–Trinajstić information content (AvgIpc) is 2.81. The highest BCUT2D eigenvalue weighted by Crippen LogP contribution is 2.59. The van der Waals surface area contributed by atoms with E-state index in [-0.39, 0.29) is 34.6 Å². The van der Waals surface area contributed by atoms with Crippen LogP contribution in [-0.2, 0) is 9.31 Å². The Labute approximate surface area is 178 Å². The van der Waals surface area contributed by atoms with E-state index in [4.69, 9.17) is 9.31 Å². The van der Waals surface area contributed by atoms with Gasteiger partial charge in [0.15, 0.2) is 0 Å². The lowest BCUT2D eigenvalue weighted by atomic mass is 9.47. The summed E-state index contributed by atoms with van der Waals surface area (Å²) < 4.78 is 13.1. The molecule has 0 radical (unpaired) electrons. The monoisotopic (exact) mass is 394 g/mol. The zero-order valence-electron chi connectivity index (χ0n) is 20.1. The largest absolute Gasteiger partial charge is 0.491 e. The quantitative estimate of drug-likeness (QED) is 0.498. The van der Waals surface area contributed by atoms with Crippen LogP contribution in [0.3, 0.4) is 0 Å². The Hall–Kier alpha value is -1.32. The summed E-state index contributed by atoms with van der Waals surface area (Å²) in [5.41, 5.74) is 3.23. The van der Waals surface area contributed by atoms with Crippen LogP contribution in [0.1, 0.15) is 81.2 Å². The zero-order valence-corrected chi connectivity index (χ0v) is 20.1. The molecule has 1 aliphatic carbocycles. The molecule has 0 unspecified atom stereocenters. The van der Waals surface area contributed by atoms with Crippen molar-refractivity contribution in [3.63, 3.8) is 0 Å². The van der Waals surface area contributed by atoms with E-state index in [1.807, 2.05) is 0 Å². The lowest BCUT2D eigenvalue weighted by Gasteiger charge is -2.54. The first-order chi connectivity index (χ1) is 13.1. The lowest BCUT2D eigenvalue weighted by molar-refractivity contribution is 0.00578. The second-order valence-electron chi connectivity index (χ2n) is 11.9. The normalized spacial score (nSPS) is 23.6. The van der Waals surface area contributed by atoms with E-state index < -0.39 is 0 Å². The van der Waals surface area contributed by atoms with E-state index in [2.05, 4.69) is 112 Å². The van der Waals surface area contributed by atoms with Gasteiger partial charge in [-0.1, -0.05) is 84.0 Å². The van der Waals surface area contributed by atoms with Gasteiger partial charge in [-0.25, -0.2) is 0 Å². The molecule has 1 heterocycles. The number of benzene rings is 1. The van der Waals surface area contributed by atoms with Gasteiger partial charge >= 0.3 is 7.12 Å². The van der Waals surface area contributed by atoms with Crippen molar-refractivity contribution in [1.82, 2.24) is 0 Å². The molecular weight excluding hydrogens is 355 g/mol. The van der Waals surface area contributed by atoms with Crippen molar-refractivity contribution in [3.8, 4) is 0 Å². The van der Waals surface area contributed by atoms with Crippen molar-refractivity contribution in [3.05, 3.63) is 53.5 Å². The van der Waals surface area contributed by atoms with Gasteiger partial charge in [0.2, 0.25) is 0 Å². The molecule has 29 heavy (non-hydrogen) atoms. The molecule has 0 spiro atoms. The van der Waals surface area contributed by atoms with Gasteiger partial charge in [-0.3, -0.25) is 0 Å². The highest BCUT2D eigenvalue weighted by atomic mass is 16.7. The van der Waals surface area contributed by atoms with E-state index >= 15 is 0 Å². The molecule has 3 rings (SSSR count). The minimum Gasteiger partial charge on any atom is -0.400 e. The molecule has 0 bridgehead atoms. The van der Waals surface area contributed by atoms with E-state index in [0.717, 1.165) is 6.42 Å². The van der Waals surface area contributed by atoms with Crippen molar-refractivity contribution in [2.75, 3.05) is 0 Å². The van der Waals surface area contributed by atoms with Gasteiger partial charge in [-0.2, -0.15) is 0 Å². The van der Waals surface area contributed by atoms with Crippen molar-refractivity contribution >= 4 is 12.7 Å². The smallest absolute Gasteiger partial charge is 0.400 e. The maximum absolute atomic E-state index is 6.56. The lowest BCUT2D eigenvalue weighted by Crippen LogP contribution is -2.47. The Morgan fingerprint density at radius 2 is 1.28 bits per heavy atom. The number of hydrogen-bond acceptors (Lipinski definition) is 2. The van der Waals surface area contributed by atoms with Crippen LogP contribution in [0.5, 0.6) is 0 Å². The predicted molar refractivity (Wildman–Crippen MR) is 125 cm³/mol. The van der Waals surface area contributed by atoms with Crippen LogP contribution in [0, 0.1) is 16.2 Å². The van der Waals surface area contributed by atoms with Crippen molar-refractivity contribution in [2.45, 2.75) is 86.9 Å². The Bertz CT molecular complexity index is 787. The first-order valence-electron chi connectivity index (χ1n) is 10.9. The predicted octanol–water partition coefficient (Wildman–Crippen LogP) is 7.11. The summed E-state index contributed by atoms with van der Waals surface area (Å²) in [6.07, 6.45) is 5.72. The maximum Gasteiger partial charge on any atom is 0.491 e. The molecule has 1 aromatic rings. The van der Waals surface area contributed by atoms with Gasteiger partial charge in [0.05, 0.1) is 11.2 Å². The van der Waals surface area contributed by atoms with E-state index in [1.54, 1.807) is 0 Å². The third-order valence-electron chi connectivity index (χ3n) is 7.65. The minimum absolute atomic E-state index is 0.00277. The van der Waals surface area contributed by atoms with Crippen LogP contribution in [0.2, 0.25) is 0 Å². The molecule has 1 saturated heterocycles. The van der Waals surface area contributed by atoms with Crippen LogP contribution in [-0.4, -0.2) is 18.3 Å². The molecule has 0 saturated carbocycles. The van der Waals surface area contributed by atoms with Crippen LogP contribution < -0.4 is 0 Å². The Balaban J connectivity index is 2.17. The van der Waals surface area contributed by atoms with Gasteiger partial charge in [-0.05, 0) is 61.6 Å². The van der Waals surface area contributed by atoms with Gasteiger partial charge in [0.1, 0.15) is 0 Å².